The van der Waals surface area contributed by atoms with Crippen molar-refractivity contribution >= 4 is 17.7 Å². The van der Waals surface area contributed by atoms with Crippen molar-refractivity contribution in [1.29, 1.82) is 0 Å². The van der Waals surface area contributed by atoms with Crippen LogP contribution in [-0.4, -0.2) is 40.1 Å². The van der Waals surface area contributed by atoms with E-state index in [-0.39, 0.29) is 11.7 Å². The number of carbonyl (C=O) groups excluding carboxylic acids is 1. The number of carbonyl (C=O) groups is 2. The van der Waals surface area contributed by atoms with Crippen LogP contribution in [0.5, 0.6) is 0 Å². The maximum atomic E-state index is 12.1. The van der Waals surface area contributed by atoms with Crippen LogP contribution >= 0.6 is 0 Å². The molecule has 0 bridgehead atoms. The van der Waals surface area contributed by atoms with Gasteiger partial charge in [0.05, 0.1) is 11.9 Å². The summed E-state index contributed by atoms with van der Waals surface area (Å²) < 4.78 is 0. The molecule has 1 fully saturated rings. The number of nitrogens with one attached hydrogen (secondary N) is 1. The Hall–Kier alpha value is -2.11. The highest BCUT2D eigenvalue weighted by Gasteiger charge is 2.27. The number of urea groups is 1. The summed E-state index contributed by atoms with van der Waals surface area (Å²) in [6, 6.07) is 2.75. The lowest BCUT2D eigenvalue weighted by molar-refractivity contribution is 0.0690. The van der Waals surface area contributed by atoms with E-state index in [9.17, 15) is 9.59 Å². The normalized spacial score (nSPS) is 17.6. The topological polar surface area (TPSA) is 82.5 Å². The van der Waals surface area contributed by atoms with Crippen LogP contribution in [0.4, 0.5) is 10.5 Å². The van der Waals surface area contributed by atoms with Gasteiger partial charge in [0.2, 0.25) is 0 Å². The molecule has 0 aliphatic carbocycles. The number of amides is 2. The third kappa shape index (κ3) is 3.46. The van der Waals surface area contributed by atoms with Gasteiger partial charge in [-0.3, -0.25) is 0 Å². The summed E-state index contributed by atoms with van der Waals surface area (Å²) in [4.78, 5) is 28.3. The zero-order valence-electron chi connectivity index (χ0n) is 11.7. The number of carboxylic acid groups (broad SMARTS) is 1. The van der Waals surface area contributed by atoms with Gasteiger partial charge in [0.1, 0.15) is 5.69 Å². The first-order chi connectivity index (χ1) is 9.37. The van der Waals surface area contributed by atoms with Gasteiger partial charge in [0, 0.05) is 13.1 Å². The fraction of sp³-hybridized carbons (Fsp3) is 0.500. The summed E-state index contributed by atoms with van der Waals surface area (Å²) in [7, 11) is 0. The van der Waals surface area contributed by atoms with E-state index in [0.717, 1.165) is 25.9 Å². The molecule has 1 saturated heterocycles. The Morgan fingerprint density at radius 3 is 2.45 bits per heavy atom. The van der Waals surface area contributed by atoms with Gasteiger partial charge in [-0.15, -0.1) is 0 Å². The first kappa shape index (κ1) is 14.3. The van der Waals surface area contributed by atoms with Crippen molar-refractivity contribution in [3.63, 3.8) is 0 Å². The second-order valence-corrected chi connectivity index (χ2v) is 5.82. The quantitative estimate of drug-likeness (QED) is 0.869. The van der Waals surface area contributed by atoms with Crippen LogP contribution in [0.3, 0.4) is 0 Å². The number of nitrogens with zero attached hydrogens (tertiary/aromatic N) is 2. The summed E-state index contributed by atoms with van der Waals surface area (Å²) in [5.41, 5.74) is 0.758. The van der Waals surface area contributed by atoms with Gasteiger partial charge in [0.25, 0.3) is 0 Å². The van der Waals surface area contributed by atoms with E-state index in [0.29, 0.717) is 11.1 Å². The number of aromatic nitrogens is 1. The average molecular weight is 277 g/mol. The van der Waals surface area contributed by atoms with Gasteiger partial charge < -0.3 is 15.3 Å². The van der Waals surface area contributed by atoms with Gasteiger partial charge >= 0.3 is 12.0 Å². The fourth-order valence-electron chi connectivity index (χ4n) is 2.11. The second-order valence-electron chi connectivity index (χ2n) is 5.82. The van der Waals surface area contributed by atoms with Crippen molar-refractivity contribution in [2.45, 2.75) is 26.7 Å². The molecule has 0 radical (unpaired) electrons. The molecule has 6 nitrogen and oxygen atoms in total. The van der Waals surface area contributed by atoms with E-state index in [1.165, 1.54) is 12.3 Å². The van der Waals surface area contributed by atoms with Crippen molar-refractivity contribution < 1.29 is 14.7 Å². The molecule has 20 heavy (non-hydrogen) atoms. The first-order valence-corrected chi connectivity index (χ1v) is 6.63. The van der Waals surface area contributed by atoms with Gasteiger partial charge in [-0.25, -0.2) is 14.6 Å². The van der Waals surface area contributed by atoms with Crippen molar-refractivity contribution in [3.8, 4) is 0 Å². The number of pyridine rings is 1. The number of hydrogen-bond donors (Lipinski definition) is 2. The molecule has 2 N–H and O–H groups in total. The first-order valence-electron chi connectivity index (χ1n) is 6.63. The molecule has 0 saturated carbocycles. The Morgan fingerprint density at radius 2 is 1.95 bits per heavy atom. The van der Waals surface area contributed by atoms with Gasteiger partial charge in [-0.1, -0.05) is 13.8 Å². The summed E-state index contributed by atoms with van der Waals surface area (Å²) in [5, 5.41) is 11.5. The van der Waals surface area contributed by atoms with Crippen LogP contribution in [0, 0.1) is 5.41 Å². The van der Waals surface area contributed by atoms with E-state index in [1.807, 2.05) is 0 Å². The molecule has 1 aromatic heterocycles. The molecule has 2 amide bonds. The van der Waals surface area contributed by atoms with E-state index in [4.69, 9.17) is 5.11 Å². The minimum atomic E-state index is -1.08. The number of hydrogen-bond acceptors (Lipinski definition) is 3. The van der Waals surface area contributed by atoms with E-state index in [2.05, 4.69) is 24.1 Å². The predicted molar refractivity (Wildman–Crippen MR) is 74.8 cm³/mol. The number of carboxylic acids is 1. The van der Waals surface area contributed by atoms with Gasteiger partial charge in [-0.05, 0) is 30.4 Å². The number of rotatable bonds is 2. The molecule has 6 heteroatoms. The molecule has 1 aliphatic heterocycles. The third-order valence-electron chi connectivity index (χ3n) is 3.64. The van der Waals surface area contributed by atoms with Gasteiger partial charge in [0.15, 0.2) is 0 Å². The standard InChI is InChI=1S/C14H19N3O3/c1-14(2)5-7-17(8-6-14)13(20)16-10-3-4-11(12(18)19)15-9-10/h3-4,9H,5-8H2,1-2H3,(H,16,20)(H,18,19). The minimum Gasteiger partial charge on any atom is -0.477 e. The second kappa shape index (κ2) is 5.48. The number of aromatic carboxylic acids is 1. The summed E-state index contributed by atoms with van der Waals surface area (Å²) in [6.07, 6.45) is 3.32. The Labute approximate surface area is 117 Å². The molecule has 0 aromatic carbocycles. The lowest BCUT2D eigenvalue weighted by Gasteiger charge is -2.36. The number of anilines is 1. The molecule has 1 aliphatic rings. The Morgan fingerprint density at radius 1 is 1.30 bits per heavy atom. The maximum Gasteiger partial charge on any atom is 0.354 e. The van der Waals surface area contributed by atoms with Crippen molar-refractivity contribution in [2.75, 3.05) is 18.4 Å². The predicted octanol–water partition coefficient (Wildman–Crippen LogP) is 2.43. The molecule has 0 atom stereocenters. The van der Waals surface area contributed by atoms with Gasteiger partial charge in [-0.2, -0.15) is 0 Å². The molecule has 2 heterocycles. The SMILES string of the molecule is CC1(C)CCN(C(=O)Nc2ccc(C(=O)O)nc2)CC1. The molecule has 0 unspecified atom stereocenters. The van der Waals surface area contributed by atoms with Crippen LogP contribution < -0.4 is 5.32 Å². The monoisotopic (exact) mass is 277 g/mol. The smallest absolute Gasteiger partial charge is 0.354 e. The average Bonchev–Trinajstić information content (AvgIpc) is 2.39. The number of likely N-dealkylation sites (tertiary alicyclic amines) is 1. The zero-order valence-corrected chi connectivity index (χ0v) is 11.7. The van der Waals surface area contributed by atoms with E-state index in [1.54, 1.807) is 11.0 Å². The van der Waals surface area contributed by atoms with Crippen LogP contribution in [0.1, 0.15) is 37.2 Å². The third-order valence-corrected chi connectivity index (χ3v) is 3.64. The Balaban J connectivity index is 1.93. The largest absolute Gasteiger partial charge is 0.477 e. The van der Waals surface area contributed by atoms with Crippen molar-refractivity contribution in [2.24, 2.45) is 5.41 Å². The number of piperidine rings is 1. The molecule has 2 rings (SSSR count). The summed E-state index contributed by atoms with van der Waals surface area (Å²) in [5.74, 6) is -1.08. The highest BCUT2D eigenvalue weighted by atomic mass is 16.4. The summed E-state index contributed by atoms with van der Waals surface area (Å²) >= 11 is 0. The lowest BCUT2D eigenvalue weighted by Crippen LogP contribution is -2.43. The van der Waals surface area contributed by atoms with Crippen molar-refractivity contribution in [1.82, 2.24) is 9.88 Å². The minimum absolute atomic E-state index is 0.0391. The molecule has 0 spiro atoms. The molecular formula is C14H19N3O3. The van der Waals surface area contributed by atoms with E-state index >= 15 is 0 Å². The van der Waals surface area contributed by atoms with E-state index < -0.39 is 5.97 Å². The van der Waals surface area contributed by atoms with Crippen LogP contribution in [0.15, 0.2) is 18.3 Å². The maximum absolute atomic E-state index is 12.1. The summed E-state index contributed by atoms with van der Waals surface area (Å²) in [6.45, 7) is 5.88. The molecule has 1 aromatic rings. The Kier molecular flexibility index (Phi) is 3.92. The van der Waals surface area contributed by atoms with Crippen molar-refractivity contribution in [3.05, 3.63) is 24.0 Å². The fourth-order valence-corrected chi connectivity index (χ4v) is 2.11. The lowest BCUT2D eigenvalue weighted by atomic mass is 9.83. The molecular weight excluding hydrogens is 258 g/mol. The highest BCUT2D eigenvalue weighted by molar-refractivity contribution is 5.90. The van der Waals surface area contributed by atoms with Crippen LogP contribution in [0.25, 0.3) is 0 Å². The zero-order chi connectivity index (χ0) is 14.8. The van der Waals surface area contributed by atoms with Crippen LogP contribution in [-0.2, 0) is 0 Å². The molecule has 108 valence electrons. The Bertz CT molecular complexity index is 501. The van der Waals surface area contributed by atoms with Crippen LogP contribution in [0.2, 0.25) is 0 Å². The highest BCUT2D eigenvalue weighted by Crippen LogP contribution is 2.29.